The number of hydrogen-bond acceptors (Lipinski definition) is 4. The van der Waals surface area contributed by atoms with Crippen molar-refractivity contribution in [2.75, 3.05) is 5.32 Å². The van der Waals surface area contributed by atoms with Gasteiger partial charge in [0, 0.05) is 17.8 Å². The van der Waals surface area contributed by atoms with E-state index in [0.29, 0.717) is 11.7 Å². The Labute approximate surface area is 105 Å². The number of H-pyrrole nitrogens is 1. The molecule has 0 amide bonds. The molecule has 0 atom stereocenters. The topological polar surface area (TPSA) is 66.5 Å². The SMILES string of the molecule is Cc1[nH]ncc1CNc1nnc(Cl)c(C)c1C. The van der Waals surface area contributed by atoms with E-state index >= 15 is 0 Å². The molecule has 0 saturated heterocycles. The van der Waals surface area contributed by atoms with Crippen molar-refractivity contribution in [1.29, 1.82) is 0 Å². The second kappa shape index (κ2) is 4.71. The summed E-state index contributed by atoms with van der Waals surface area (Å²) in [6, 6.07) is 0. The minimum absolute atomic E-state index is 0.451. The largest absolute Gasteiger partial charge is 0.364 e. The number of nitrogens with zero attached hydrogens (tertiary/aromatic N) is 3. The van der Waals surface area contributed by atoms with Crippen LogP contribution in [-0.4, -0.2) is 20.4 Å². The van der Waals surface area contributed by atoms with Gasteiger partial charge in [-0.05, 0) is 31.9 Å². The van der Waals surface area contributed by atoms with Crippen molar-refractivity contribution < 1.29 is 0 Å². The van der Waals surface area contributed by atoms with Gasteiger partial charge in [-0.3, -0.25) is 5.10 Å². The highest BCUT2D eigenvalue weighted by Gasteiger charge is 2.08. The molecule has 0 aromatic carbocycles. The van der Waals surface area contributed by atoms with Crippen LogP contribution >= 0.6 is 11.6 Å². The summed E-state index contributed by atoms with van der Waals surface area (Å²) < 4.78 is 0. The lowest BCUT2D eigenvalue weighted by Crippen LogP contribution is -2.06. The Kier molecular flexibility index (Phi) is 3.28. The van der Waals surface area contributed by atoms with Crippen LogP contribution in [0, 0.1) is 20.8 Å². The zero-order valence-electron chi connectivity index (χ0n) is 10.0. The Morgan fingerprint density at radius 2 is 2.00 bits per heavy atom. The number of hydrogen-bond donors (Lipinski definition) is 2. The van der Waals surface area contributed by atoms with E-state index in [1.54, 1.807) is 6.20 Å². The number of anilines is 1. The molecule has 2 rings (SSSR count). The highest BCUT2D eigenvalue weighted by atomic mass is 35.5. The summed E-state index contributed by atoms with van der Waals surface area (Å²) in [6.07, 6.45) is 1.80. The third kappa shape index (κ3) is 2.39. The fourth-order valence-corrected chi connectivity index (χ4v) is 1.66. The summed E-state index contributed by atoms with van der Waals surface area (Å²) in [7, 11) is 0. The van der Waals surface area contributed by atoms with Gasteiger partial charge in [-0.25, -0.2) is 0 Å². The van der Waals surface area contributed by atoms with E-state index in [9.17, 15) is 0 Å². The molecular formula is C11H14ClN5. The van der Waals surface area contributed by atoms with Gasteiger partial charge in [0.1, 0.15) is 0 Å². The highest BCUT2D eigenvalue weighted by molar-refractivity contribution is 6.30. The molecule has 0 aliphatic heterocycles. The van der Waals surface area contributed by atoms with Crippen LogP contribution in [0.4, 0.5) is 5.82 Å². The molecule has 0 fully saturated rings. The minimum Gasteiger partial charge on any atom is -0.364 e. The van der Waals surface area contributed by atoms with Gasteiger partial charge in [-0.15, -0.1) is 10.2 Å². The third-order valence-electron chi connectivity index (χ3n) is 2.85. The molecule has 0 aliphatic rings. The predicted molar refractivity (Wildman–Crippen MR) is 67.2 cm³/mol. The van der Waals surface area contributed by atoms with Crippen LogP contribution in [0.3, 0.4) is 0 Å². The smallest absolute Gasteiger partial charge is 0.155 e. The lowest BCUT2D eigenvalue weighted by molar-refractivity contribution is 0.968. The minimum atomic E-state index is 0.451. The van der Waals surface area contributed by atoms with E-state index in [2.05, 4.69) is 25.7 Å². The molecule has 17 heavy (non-hydrogen) atoms. The average molecular weight is 252 g/mol. The van der Waals surface area contributed by atoms with Crippen molar-refractivity contribution in [2.45, 2.75) is 27.3 Å². The van der Waals surface area contributed by atoms with Crippen LogP contribution in [0.1, 0.15) is 22.4 Å². The summed E-state index contributed by atoms with van der Waals surface area (Å²) in [5.41, 5.74) is 4.13. The van der Waals surface area contributed by atoms with E-state index in [4.69, 9.17) is 11.6 Å². The number of halogens is 1. The Bertz CT molecular complexity index is 535. The number of rotatable bonds is 3. The second-order valence-corrected chi connectivity index (χ2v) is 4.32. The molecule has 2 aromatic rings. The van der Waals surface area contributed by atoms with Gasteiger partial charge in [0.2, 0.25) is 0 Å². The van der Waals surface area contributed by atoms with Crippen molar-refractivity contribution in [1.82, 2.24) is 20.4 Å². The molecule has 2 heterocycles. The van der Waals surface area contributed by atoms with Crippen LogP contribution in [0.15, 0.2) is 6.20 Å². The Morgan fingerprint density at radius 3 is 2.65 bits per heavy atom. The zero-order valence-corrected chi connectivity index (χ0v) is 10.8. The monoisotopic (exact) mass is 251 g/mol. The van der Waals surface area contributed by atoms with Crippen molar-refractivity contribution in [3.63, 3.8) is 0 Å². The Morgan fingerprint density at radius 1 is 1.24 bits per heavy atom. The fourth-order valence-electron chi connectivity index (χ4n) is 1.48. The van der Waals surface area contributed by atoms with Gasteiger partial charge in [0.25, 0.3) is 0 Å². The maximum Gasteiger partial charge on any atom is 0.155 e. The molecule has 0 aliphatic carbocycles. The quantitative estimate of drug-likeness (QED) is 0.879. The molecule has 5 nitrogen and oxygen atoms in total. The first kappa shape index (κ1) is 11.9. The van der Waals surface area contributed by atoms with Crippen molar-refractivity contribution >= 4 is 17.4 Å². The molecule has 0 unspecified atom stereocenters. The first-order chi connectivity index (χ1) is 8.09. The van der Waals surface area contributed by atoms with E-state index < -0.39 is 0 Å². The van der Waals surface area contributed by atoms with Gasteiger partial charge in [0.15, 0.2) is 11.0 Å². The second-order valence-electron chi connectivity index (χ2n) is 3.96. The zero-order chi connectivity index (χ0) is 12.4. The van der Waals surface area contributed by atoms with Crippen LogP contribution in [-0.2, 0) is 6.54 Å². The molecule has 90 valence electrons. The van der Waals surface area contributed by atoms with Gasteiger partial charge >= 0.3 is 0 Å². The lowest BCUT2D eigenvalue weighted by Gasteiger charge is -2.09. The van der Waals surface area contributed by atoms with Crippen LogP contribution < -0.4 is 5.32 Å². The number of aryl methyl sites for hydroxylation is 1. The first-order valence-electron chi connectivity index (χ1n) is 5.31. The molecule has 2 N–H and O–H groups in total. The highest BCUT2D eigenvalue weighted by Crippen LogP contribution is 2.21. The molecule has 0 saturated carbocycles. The number of aromatic amines is 1. The molecule has 0 spiro atoms. The molecule has 0 bridgehead atoms. The van der Waals surface area contributed by atoms with Crippen LogP contribution in [0.25, 0.3) is 0 Å². The molecular weight excluding hydrogens is 238 g/mol. The van der Waals surface area contributed by atoms with Crippen LogP contribution in [0.2, 0.25) is 5.15 Å². The summed E-state index contributed by atoms with van der Waals surface area (Å²) >= 11 is 5.89. The number of nitrogens with one attached hydrogen (secondary N) is 2. The van der Waals surface area contributed by atoms with Crippen molar-refractivity contribution in [3.8, 4) is 0 Å². The Hall–Kier alpha value is -1.62. The van der Waals surface area contributed by atoms with E-state index in [1.807, 2.05) is 20.8 Å². The summed E-state index contributed by atoms with van der Waals surface area (Å²) in [6.45, 7) is 6.55. The first-order valence-corrected chi connectivity index (χ1v) is 5.69. The van der Waals surface area contributed by atoms with E-state index in [0.717, 1.165) is 28.2 Å². The maximum atomic E-state index is 5.89. The number of aromatic nitrogens is 4. The van der Waals surface area contributed by atoms with Gasteiger partial charge in [-0.2, -0.15) is 5.10 Å². The van der Waals surface area contributed by atoms with Gasteiger partial charge in [-0.1, -0.05) is 11.6 Å². The Balaban J connectivity index is 2.15. The summed E-state index contributed by atoms with van der Waals surface area (Å²) in [4.78, 5) is 0. The van der Waals surface area contributed by atoms with Gasteiger partial charge < -0.3 is 5.32 Å². The maximum absolute atomic E-state index is 5.89. The lowest BCUT2D eigenvalue weighted by atomic mass is 10.2. The third-order valence-corrected chi connectivity index (χ3v) is 3.20. The van der Waals surface area contributed by atoms with E-state index in [1.165, 1.54) is 0 Å². The van der Waals surface area contributed by atoms with Gasteiger partial charge in [0.05, 0.1) is 6.20 Å². The average Bonchev–Trinajstić information content (AvgIpc) is 2.71. The van der Waals surface area contributed by atoms with E-state index in [-0.39, 0.29) is 0 Å². The summed E-state index contributed by atoms with van der Waals surface area (Å²) in [5, 5.41) is 18.5. The molecule has 2 aromatic heterocycles. The predicted octanol–water partition coefficient (Wildman–Crippen LogP) is 2.39. The summed E-state index contributed by atoms with van der Waals surface area (Å²) in [5.74, 6) is 0.757. The molecule has 0 radical (unpaired) electrons. The molecule has 6 heteroatoms. The normalized spacial score (nSPS) is 10.6. The van der Waals surface area contributed by atoms with Crippen LogP contribution in [0.5, 0.6) is 0 Å². The van der Waals surface area contributed by atoms with Crippen molar-refractivity contribution in [2.24, 2.45) is 0 Å². The fraction of sp³-hybridized carbons (Fsp3) is 0.364. The standard InChI is InChI=1S/C11H14ClN5/c1-6-7(2)11(17-16-10(6)12)13-4-9-5-14-15-8(9)3/h5H,4H2,1-3H3,(H,13,17)(H,14,15). The van der Waals surface area contributed by atoms with Crippen molar-refractivity contribution in [3.05, 3.63) is 33.7 Å².